The average Bonchev–Trinajstić information content (AvgIpc) is 2.89. The minimum atomic E-state index is -1.49. The first kappa shape index (κ1) is 32.5. The Bertz CT molecular complexity index is 1100. The van der Waals surface area contributed by atoms with Gasteiger partial charge in [-0.25, -0.2) is 9.59 Å². The molecule has 2 unspecified atom stereocenters. The summed E-state index contributed by atoms with van der Waals surface area (Å²) < 4.78 is 0. The molecule has 10 nitrogen and oxygen atoms in total. The van der Waals surface area contributed by atoms with Crippen LogP contribution in [-0.4, -0.2) is 58.9 Å². The zero-order valence-electron chi connectivity index (χ0n) is 23.6. The smallest absolute Gasteiger partial charge is 0.411 e. The van der Waals surface area contributed by atoms with Gasteiger partial charge in [0.1, 0.15) is 11.9 Å². The highest BCUT2D eigenvalue weighted by atomic mass is 16.4. The van der Waals surface area contributed by atoms with Gasteiger partial charge in [0.25, 0.3) is 0 Å². The van der Waals surface area contributed by atoms with Gasteiger partial charge in [-0.3, -0.25) is 15.4 Å². The number of nitrogens with one attached hydrogen (secondary N) is 4. The molecule has 0 bridgehead atoms. The molecule has 0 saturated carbocycles. The molecular weight excluding hydrogens is 512 g/mol. The van der Waals surface area contributed by atoms with Gasteiger partial charge in [-0.2, -0.15) is 0 Å². The number of carbonyl (C=O) groups excluding carboxylic acids is 2. The molecular formula is C30H42N4O6. The van der Waals surface area contributed by atoms with E-state index in [4.69, 9.17) is 0 Å². The predicted molar refractivity (Wildman–Crippen MR) is 153 cm³/mol. The van der Waals surface area contributed by atoms with Crippen molar-refractivity contribution in [2.24, 2.45) is 17.8 Å². The number of carboxylic acid groups (broad SMARTS) is 2. The molecule has 40 heavy (non-hydrogen) atoms. The highest BCUT2D eigenvalue weighted by Crippen LogP contribution is 2.29. The summed E-state index contributed by atoms with van der Waals surface area (Å²) in [5.74, 6) is -1.50. The number of benzene rings is 2. The molecule has 0 aliphatic heterocycles. The first-order chi connectivity index (χ1) is 19.0. The summed E-state index contributed by atoms with van der Waals surface area (Å²) in [6, 6.07) is 17.5. The van der Waals surface area contributed by atoms with Gasteiger partial charge < -0.3 is 25.6 Å². The third kappa shape index (κ3) is 10.1. The molecule has 2 rings (SSSR count). The van der Waals surface area contributed by atoms with Gasteiger partial charge in [0.2, 0.25) is 5.91 Å². The lowest BCUT2D eigenvalue weighted by molar-refractivity contribution is -0.124. The van der Waals surface area contributed by atoms with Crippen molar-refractivity contribution in [1.82, 2.24) is 21.3 Å². The van der Waals surface area contributed by atoms with Gasteiger partial charge in [-0.1, -0.05) is 88.4 Å². The zero-order chi connectivity index (χ0) is 29.7. The highest BCUT2D eigenvalue weighted by Gasteiger charge is 2.44. The van der Waals surface area contributed by atoms with E-state index in [9.17, 15) is 29.4 Å². The van der Waals surface area contributed by atoms with Gasteiger partial charge in [-0.15, -0.1) is 0 Å². The van der Waals surface area contributed by atoms with Crippen molar-refractivity contribution >= 4 is 24.4 Å². The fourth-order valence-corrected chi connectivity index (χ4v) is 4.89. The molecule has 0 aliphatic carbocycles. The van der Waals surface area contributed by atoms with Gasteiger partial charge >= 0.3 is 12.2 Å². The van der Waals surface area contributed by atoms with Crippen LogP contribution in [0.25, 0.3) is 0 Å². The molecule has 4 atom stereocenters. The summed E-state index contributed by atoms with van der Waals surface area (Å²) in [7, 11) is 0. The van der Waals surface area contributed by atoms with Crippen LogP contribution in [0.4, 0.5) is 9.59 Å². The highest BCUT2D eigenvalue weighted by molar-refractivity contribution is 5.94. The first-order valence-corrected chi connectivity index (χ1v) is 13.6. The van der Waals surface area contributed by atoms with E-state index < -0.39 is 35.7 Å². The average molecular weight is 555 g/mol. The third-order valence-corrected chi connectivity index (χ3v) is 7.01. The minimum absolute atomic E-state index is 0.0689. The van der Waals surface area contributed by atoms with Crippen molar-refractivity contribution in [3.05, 3.63) is 71.8 Å². The monoisotopic (exact) mass is 554 g/mol. The molecule has 0 aliphatic rings. The fourth-order valence-electron chi connectivity index (χ4n) is 4.89. The van der Waals surface area contributed by atoms with E-state index >= 15 is 0 Å². The fraction of sp³-hybridized carbons (Fsp3) is 0.467. The molecule has 0 heterocycles. The number of rotatable bonds is 16. The minimum Gasteiger partial charge on any atom is -0.465 e. The van der Waals surface area contributed by atoms with Crippen molar-refractivity contribution in [2.45, 2.75) is 64.7 Å². The van der Waals surface area contributed by atoms with Gasteiger partial charge in [-0.05, 0) is 42.3 Å². The second-order valence-electron chi connectivity index (χ2n) is 10.8. The Balaban J connectivity index is 2.64. The molecule has 0 fully saturated rings. The zero-order valence-corrected chi connectivity index (χ0v) is 23.6. The van der Waals surface area contributed by atoms with Crippen molar-refractivity contribution < 1.29 is 29.4 Å². The Morgan fingerprint density at radius 3 is 1.90 bits per heavy atom. The van der Waals surface area contributed by atoms with Gasteiger partial charge in [0.15, 0.2) is 0 Å². The van der Waals surface area contributed by atoms with E-state index in [0.29, 0.717) is 19.4 Å². The van der Waals surface area contributed by atoms with Crippen LogP contribution in [0, 0.1) is 17.8 Å². The summed E-state index contributed by atoms with van der Waals surface area (Å²) in [5.41, 5.74) is 0.402. The summed E-state index contributed by atoms with van der Waals surface area (Å²) in [4.78, 5) is 48.4. The SMILES string of the molecule is CC(C)C(C=O)NCC[C@H](Cc1ccccc1)C(Cc1ccccc1)(NC(=O)O)N[C@H](C(=O)NC(=O)O)C(C)C. The molecule has 2 aromatic rings. The van der Waals surface area contributed by atoms with E-state index in [1.165, 1.54) is 0 Å². The molecule has 3 amide bonds. The Kier molecular flexibility index (Phi) is 12.8. The number of hydrogen-bond donors (Lipinski definition) is 6. The molecule has 0 saturated heterocycles. The topological polar surface area (TPSA) is 157 Å². The lowest BCUT2D eigenvalue weighted by atomic mass is 9.78. The molecule has 0 spiro atoms. The molecule has 0 aromatic heterocycles. The first-order valence-electron chi connectivity index (χ1n) is 13.6. The lowest BCUT2D eigenvalue weighted by Gasteiger charge is -2.45. The standard InChI is InChI=1S/C30H42N4O6/c1-20(2)25(19-35)31-16-15-24(17-22-11-7-5-8-12-22)30(34-29(39)40,18-23-13-9-6-10-14-23)33-26(21(3)4)27(36)32-28(37)38/h5-14,19-21,24-26,31,33-34H,15-18H2,1-4H3,(H,32,36)(H,37,38)(H,39,40)/t24-,25?,26+,30?/m1/s1. The Hall–Kier alpha value is -3.76. The summed E-state index contributed by atoms with van der Waals surface area (Å²) >= 11 is 0. The number of amides is 3. The predicted octanol–water partition coefficient (Wildman–Crippen LogP) is 3.66. The summed E-state index contributed by atoms with van der Waals surface area (Å²) in [6.07, 6.45) is -0.840. The van der Waals surface area contributed by atoms with Gasteiger partial charge in [0.05, 0.1) is 12.1 Å². The van der Waals surface area contributed by atoms with E-state index in [2.05, 4.69) is 16.0 Å². The van der Waals surface area contributed by atoms with Crippen LogP contribution < -0.4 is 21.3 Å². The number of imide groups is 1. The lowest BCUT2D eigenvalue weighted by Crippen LogP contribution is -2.70. The van der Waals surface area contributed by atoms with Crippen LogP contribution >= 0.6 is 0 Å². The van der Waals surface area contributed by atoms with Crippen molar-refractivity contribution in [2.75, 3.05) is 6.54 Å². The van der Waals surface area contributed by atoms with Crippen LogP contribution in [0.15, 0.2) is 60.7 Å². The number of carbonyl (C=O) groups is 4. The van der Waals surface area contributed by atoms with E-state index in [0.717, 1.165) is 17.4 Å². The van der Waals surface area contributed by atoms with Crippen molar-refractivity contribution in [1.29, 1.82) is 0 Å². The summed E-state index contributed by atoms with van der Waals surface area (Å²) in [6.45, 7) is 7.81. The van der Waals surface area contributed by atoms with Crippen molar-refractivity contribution in [3.63, 3.8) is 0 Å². The quantitative estimate of drug-likeness (QED) is 0.136. The number of hydrogen-bond acceptors (Lipinski definition) is 6. The van der Waals surface area contributed by atoms with E-state index in [1.54, 1.807) is 13.8 Å². The maximum atomic E-state index is 13.0. The Morgan fingerprint density at radius 1 is 0.850 bits per heavy atom. The van der Waals surface area contributed by atoms with Crippen LogP contribution in [0.3, 0.4) is 0 Å². The maximum Gasteiger partial charge on any atom is 0.411 e. The molecule has 10 heteroatoms. The Morgan fingerprint density at radius 2 is 1.43 bits per heavy atom. The second-order valence-corrected chi connectivity index (χ2v) is 10.8. The molecule has 6 N–H and O–H groups in total. The maximum absolute atomic E-state index is 13.0. The van der Waals surface area contributed by atoms with Crippen LogP contribution in [0.1, 0.15) is 45.2 Å². The third-order valence-electron chi connectivity index (χ3n) is 7.01. The molecule has 218 valence electrons. The largest absolute Gasteiger partial charge is 0.465 e. The second kappa shape index (κ2) is 15.7. The van der Waals surface area contributed by atoms with Crippen LogP contribution in [0.2, 0.25) is 0 Å². The van der Waals surface area contributed by atoms with E-state index in [1.807, 2.05) is 79.8 Å². The van der Waals surface area contributed by atoms with Crippen molar-refractivity contribution in [3.8, 4) is 0 Å². The summed E-state index contributed by atoms with van der Waals surface area (Å²) in [5, 5.41) is 30.5. The molecule has 0 radical (unpaired) electrons. The van der Waals surface area contributed by atoms with Crippen LogP contribution in [-0.2, 0) is 22.4 Å². The van der Waals surface area contributed by atoms with Gasteiger partial charge in [0, 0.05) is 12.3 Å². The van der Waals surface area contributed by atoms with Crippen LogP contribution in [0.5, 0.6) is 0 Å². The van der Waals surface area contributed by atoms with E-state index in [-0.39, 0.29) is 24.3 Å². The Labute approximate surface area is 235 Å². The number of aldehydes is 1. The molecule has 2 aromatic carbocycles. The normalized spacial score (nSPS) is 15.1.